The molecule has 1 N–H and O–H groups in total. The Bertz CT molecular complexity index is 456. The number of amides is 2. The molecule has 0 unspecified atom stereocenters. The summed E-state index contributed by atoms with van der Waals surface area (Å²) in [6, 6.07) is 7.72. The lowest BCUT2D eigenvalue weighted by Gasteiger charge is -2.34. The van der Waals surface area contributed by atoms with Crippen LogP contribution in [0, 0.1) is 0 Å². The first kappa shape index (κ1) is 16.6. The molecule has 1 aromatic carbocycles. The van der Waals surface area contributed by atoms with Crippen molar-refractivity contribution in [1.82, 2.24) is 15.1 Å². The summed E-state index contributed by atoms with van der Waals surface area (Å²) in [5, 5.41) is 2.97. The van der Waals surface area contributed by atoms with Gasteiger partial charge >= 0.3 is 6.03 Å². The smallest absolute Gasteiger partial charge is 0.317 e. The van der Waals surface area contributed by atoms with Gasteiger partial charge in [-0.05, 0) is 17.7 Å². The Balaban J connectivity index is 1.71. The van der Waals surface area contributed by atoms with E-state index in [1.165, 1.54) is 0 Å². The zero-order chi connectivity index (χ0) is 15.8. The zero-order valence-electron chi connectivity index (χ0n) is 13.4. The Morgan fingerprint density at radius 3 is 2.41 bits per heavy atom. The highest BCUT2D eigenvalue weighted by Gasteiger charge is 2.20. The summed E-state index contributed by atoms with van der Waals surface area (Å²) in [6.07, 6.45) is 0. The number of piperazine rings is 1. The molecule has 1 aromatic rings. The van der Waals surface area contributed by atoms with Gasteiger partial charge in [0, 0.05) is 46.4 Å². The number of carbonyl (C=O) groups excluding carboxylic acids is 1. The quantitative estimate of drug-likeness (QED) is 0.857. The van der Waals surface area contributed by atoms with Gasteiger partial charge in [-0.2, -0.15) is 0 Å². The minimum absolute atomic E-state index is 0.00205. The van der Waals surface area contributed by atoms with Gasteiger partial charge in [0.1, 0.15) is 5.75 Å². The maximum absolute atomic E-state index is 12.2. The molecular weight excluding hydrogens is 282 g/mol. The molecule has 0 aliphatic carbocycles. The molecule has 1 heterocycles. The molecule has 0 spiro atoms. The molecule has 6 nitrogen and oxygen atoms in total. The summed E-state index contributed by atoms with van der Waals surface area (Å²) in [5.41, 5.74) is 1.06. The lowest BCUT2D eigenvalue weighted by atomic mass is 10.2. The largest absolute Gasteiger partial charge is 0.497 e. The van der Waals surface area contributed by atoms with E-state index in [0.29, 0.717) is 6.54 Å². The van der Waals surface area contributed by atoms with Gasteiger partial charge in [0.2, 0.25) is 0 Å². The van der Waals surface area contributed by atoms with Crippen molar-refractivity contribution in [3.05, 3.63) is 29.8 Å². The number of hydrogen-bond acceptors (Lipinski definition) is 4. The monoisotopic (exact) mass is 307 g/mol. The number of nitrogens with zero attached hydrogens (tertiary/aromatic N) is 2. The molecule has 1 aliphatic rings. The van der Waals surface area contributed by atoms with E-state index in [4.69, 9.17) is 9.47 Å². The van der Waals surface area contributed by atoms with Crippen molar-refractivity contribution >= 4 is 6.03 Å². The molecule has 0 saturated carbocycles. The molecule has 1 aliphatic heterocycles. The predicted molar refractivity (Wildman–Crippen MR) is 85.1 cm³/mol. The first-order chi connectivity index (χ1) is 10.7. The Hall–Kier alpha value is -1.79. The summed E-state index contributed by atoms with van der Waals surface area (Å²) in [6.45, 7) is 5.53. The summed E-state index contributed by atoms with van der Waals surface area (Å²) in [7, 11) is 3.35. The number of nitrogens with one attached hydrogen (secondary N) is 1. The topological polar surface area (TPSA) is 54.0 Å². The Morgan fingerprint density at radius 1 is 1.14 bits per heavy atom. The zero-order valence-corrected chi connectivity index (χ0v) is 13.4. The minimum atomic E-state index is 0.00205. The minimum Gasteiger partial charge on any atom is -0.497 e. The number of carbonyl (C=O) groups is 1. The van der Waals surface area contributed by atoms with E-state index in [1.807, 2.05) is 29.2 Å². The average molecular weight is 307 g/mol. The number of urea groups is 1. The van der Waals surface area contributed by atoms with Gasteiger partial charge in [-0.25, -0.2) is 4.79 Å². The van der Waals surface area contributed by atoms with Gasteiger partial charge in [0.05, 0.1) is 13.7 Å². The molecule has 1 fully saturated rings. The Kier molecular flexibility index (Phi) is 6.48. The number of benzene rings is 1. The van der Waals surface area contributed by atoms with Crippen molar-refractivity contribution in [1.29, 1.82) is 0 Å². The van der Waals surface area contributed by atoms with E-state index in [1.54, 1.807) is 14.2 Å². The second-order valence-corrected chi connectivity index (χ2v) is 5.33. The van der Waals surface area contributed by atoms with Crippen molar-refractivity contribution in [2.75, 3.05) is 53.6 Å². The van der Waals surface area contributed by atoms with Crippen molar-refractivity contribution in [3.63, 3.8) is 0 Å². The van der Waals surface area contributed by atoms with E-state index >= 15 is 0 Å². The van der Waals surface area contributed by atoms with Crippen LogP contribution in [0.5, 0.6) is 5.75 Å². The summed E-state index contributed by atoms with van der Waals surface area (Å²) in [4.78, 5) is 16.3. The number of hydrogen-bond donors (Lipinski definition) is 1. The van der Waals surface area contributed by atoms with E-state index in [9.17, 15) is 4.79 Å². The van der Waals surface area contributed by atoms with E-state index in [2.05, 4.69) is 10.2 Å². The van der Waals surface area contributed by atoms with E-state index in [0.717, 1.165) is 50.6 Å². The van der Waals surface area contributed by atoms with Crippen LogP contribution in [0.3, 0.4) is 0 Å². The second-order valence-electron chi connectivity index (χ2n) is 5.33. The highest BCUT2D eigenvalue weighted by molar-refractivity contribution is 5.74. The van der Waals surface area contributed by atoms with Crippen molar-refractivity contribution in [2.24, 2.45) is 0 Å². The van der Waals surface area contributed by atoms with Gasteiger partial charge in [-0.3, -0.25) is 4.90 Å². The van der Waals surface area contributed by atoms with Crippen LogP contribution in [0.25, 0.3) is 0 Å². The summed E-state index contributed by atoms with van der Waals surface area (Å²) in [5.74, 6) is 0.822. The molecule has 22 heavy (non-hydrogen) atoms. The Labute approximate surface area is 132 Å². The third kappa shape index (κ3) is 4.89. The fourth-order valence-electron chi connectivity index (χ4n) is 2.43. The van der Waals surface area contributed by atoms with E-state index in [-0.39, 0.29) is 6.03 Å². The van der Waals surface area contributed by atoms with Crippen molar-refractivity contribution in [2.45, 2.75) is 6.54 Å². The average Bonchev–Trinajstić information content (AvgIpc) is 2.58. The van der Waals surface area contributed by atoms with Crippen LogP contribution < -0.4 is 10.1 Å². The second kappa shape index (κ2) is 8.60. The molecule has 0 radical (unpaired) electrons. The highest BCUT2D eigenvalue weighted by atomic mass is 16.5. The standard InChI is InChI=1S/C16H25N3O3/c1-21-12-11-18-7-9-19(10-8-18)16(20)17-13-14-3-5-15(22-2)6-4-14/h3-6H,7-13H2,1-2H3,(H,17,20). The fourth-order valence-corrected chi connectivity index (χ4v) is 2.43. The first-order valence-corrected chi connectivity index (χ1v) is 7.60. The van der Waals surface area contributed by atoms with Crippen LogP contribution in [0.15, 0.2) is 24.3 Å². The molecule has 0 atom stereocenters. The van der Waals surface area contributed by atoms with Crippen LogP contribution in [0.2, 0.25) is 0 Å². The summed E-state index contributed by atoms with van der Waals surface area (Å²) >= 11 is 0. The summed E-state index contributed by atoms with van der Waals surface area (Å²) < 4.78 is 10.2. The van der Waals surface area contributed by atoms with Gasteiger partial charge in [0.25, 0.3) is 0 Å². The van der Waals surface area contributed by atoms with Crippen LogP contribution in [-0.4, -0.2) is 69.4 Å². The molecule has 2 amide bonds. The molecule has 0 aromatic heterocycles. The van der Waals surface area contributed by atoms with Gasteiger partial charge in [-0.1, -0.05) is 12.1 Å². The van der Waals surface area contributed by atoms with Crippen molar-refractivity contribution in [3.8, 4) is 5.75 Å². The molecular formula is C16H25N3O3. The van der Waals surface area contributed by atoms with Crippen molar-refractivity contribution < 1.29 is 14.3 Å². The molecule has 1 saturated heterocycles. The Morgan fingerprint density at radius 2 is 1.82 bits per heavy atom. The van der Waals surface area contributed by atoms with Crippen LogP contribution in [0.1, 0.15) is 5.56 Å². The van der Waals surface area contributed by atoms with Gasteiger partial charge in [-0.15, -0.1) is 0 Å². The lowest BCUT2D eigenvalue weighted by molar-refractivity contribution is 0.106. The normalized spacial score (nSPS) is 15.6. The van der Waals surface area contributed by atoms with Crippen LogP contribution in [-0.2, 0) is 11.3 Å². The molecule has 6 heteroatoms. The van der Waals surface area contributed by atoms with Crippen LogP contribution >= 0.6 is 0 Å². The first-order valence-electron chi connectivity index (χ1n) is 7.60. The SMILES string of the molecule is COCCN1CCN(C(=O)NCc2ccc(OC)cc2)CC1. The van der Waals surface area contributed by atoms with Gasteiger partial charge < -0.3 is 19.7 Å². The predicted octanol–water partition coefficient (Wildman–Crippen LogP) is 1.17. The lowest BCUT2D eigenvalue weighted by Crippen LogP contribution is -2.52. The van der Waals surface area contributed by atoms with E-state index < -0.39 is 0 Å². The third-order valence-electron chi connectivity index (χ3n) is 3.87. The maximum atomic E-state index is 12.2. The maximum Gasteiger partial charge on any atom is 0.317 e. The van der Waals surface area contributed by atoms with Gasteiger partial charge in [0.15, 0.2) is 0 Å². The number of ether oxygens (including phenoxy) is 2. The number of rotatable bonds is 6. The highest BCUT2D eigenvalue weighted by Crippen LogP contribution is 2.11. The fraction of sp³-hybridized carbons (Fsp3) is 0.562. The van der Waals surface area contributed by atoms with Crippen LogP contribution in [0.4, 0.5) is 4.79 Å². The molecule has 122 valence electrons. The molecule has 0 bridgehead atoms. The third-order valence-corrected chi connectivity index (χ3v) is 3.87. The number of methoxy groups -OCH3 is 2. The molecule has 2 rings (SSSR count).